The lowest BCUT2D eigenvalue weighted by Gasteiger charge is -2.50. The van der Waals surface area contributed by atoms with Gasteiger partial charge in [-0.25, -0.2) is 14.3 Å². The van der Waals surface area contributed by atoms with Crippen LogP contribution in [0.4, 0.5) is 29.1 Å². The molecule has 6 atom stereocenters. The third kappa shape index (κ3) is 4.86. The second kappa shape index (κ2) is 11.9. The van der Waals surface area contributed by atoms with Crippen LogP contribution in [-0.4, -0.2) is 55.5 Å². The molecular weight excluding hydrogens is 763 g/mol. The molecule has 0 bridgehead atoms. The standard InChI is InChI=1S/C37H25Cl3F4N4O5/c1-46(30-25(38)14-15-26(45-30)37(42,43)44)48-31(50)22-13-12-21-24(27(22)32(48)51)16-35(39)33(52)47(19-9-7-18(41)8-10-19)34(53)36(35,40)28(21)23-11-6-17-4-2-3-5-20(17)29(23)49/h2-12,14-15,22,24,27-28,49H,13,16H2,1H3/t22-,24+,27-,28+,35+,36-/m0/s1. The molecule has 4 aromatic rings. The van der Waals surface area contributed by atoms with Gasteiger partial charge in [-0.1, -0.05) is 59.6 Å². The number of imide groups is 2. The molecule has 16 heteroatoms. The highest BCUT2D eigenvalue weighted by Gasteiger charge is 2.77. The predicted molar refractivity (Wildman–Crippen MR) is 187 cm³/mol. The number of phenolic OH excluding ortho intramolecular Hbond substituents is 1. The van der Waals surface area contributed by atoms with E-state index in [-0.39, 0.29) is 28.4 Å². The first-order valence-corrected chi connectivity index (χ1v) is 17.4. The molecule has 3 heterocycles. The third-order valence-corrected chi connectivity index (χ3v) is 12.5. The molecule has 272 valence electrons. The highest BCUT2D eigenvalue weighted by molar-refractivity contribution is 6.58. The van der Waals surface area contributed by atoms with Crippen LogP contribution < -0.4 is 9.91 Å². The molecular formula is C37H25Cl3F4N4O5. The number of carbonyl (C=O) groups excluding carboxylic acids is 4. The number of anilines is 2. The Bertz CT molecular complexity index is 2320. The molecule has 2 saturated heterocycles. The summed E-state index contributed by atoms with van der Waals surface area (Å²) in [6.07, 6.45) is -3.69. The number of amides is 4. The van der Waals surface area contributed by atoms with Crippen LogP contribution in [0.3, 0.4) is 0 Å². The summed E-state index contributed by atoms with van der Waals surface area (Å²) < 4.78 is 54.8. The molecule has 9 nitrogen and oxygen atoms in total. The Morgan fingerprint density at radius 1 is 0.906 bits per heavy atom. The van der Waals surface area contributed by atoms with E-state index >= 15 is 0 Å². The van der Waals surface area contributed by atoms with Crippen LogP contribution in [-0.2, 0) is 25.4 Å². The number of alkyl halides is 5. The first-order chi connectivity index (χ1) is 25.0. The molecule has 4 amide bonds. The van der Waals surface area contributed by atoms with Crippen LogP contribution in [0.1, 0.15) is 30.0 Å². The van der Waals surface area contributed by atoms with Crippen molar-refractivity contribution in [2.75, 3.05) is 17.0 Å². The summed E-state index contributed by atoms with van der Waals surface area (Å²) in [5.41, 5.74) is -0.818. The number of hydrazine groups is 1. The van der Waals surface area contributed by atoms with Crippen LogP contribution in [0, 0.1) is 23.6 Å². The number of hydrogen-bond donors (Lipinski definition) is 1. The number of benzene rings is 3. The maximum atomic E-state index is 14.6. The van der Waals surface area contributed by atoms with Crippen LogP contribution in [0.25, 0.3) is 10.8 Å². The number of halogens is 7. The number of phenols is 1. The van der Waals surface area contributed by atoms with E-state index in [1.54, 1.807) is 42.5 Å². The number of fused-ring (bicyclic) bond motifs is 5. The van der Waals surface area contributed by atoms with Crippen molar-refractivity contribution >= 4 is 80.7 Å². The molecule has 0 spiro atoms. The van der Waals surface area contributed by atoms with E-state index in [0.29, 0.717) is 27.4 Å². The zero-order valence-electron chi connectivity index (χ0n) is 27.2. The topological polar surface area (TPSA) is 111 Å². The number of hydrogen-bond acceptors (Lipinski definition) is 7. The summed E-state index contributed by atoms with van der Waals surface area (Å²) in [5, 5.41) is 14.1. The van der Waals surface area contributed by atoms with Gasteiger partial charge in [0, 0.05) is 23.9 Å². The minimum absolute atomic E-state index is 0.0162. The van der Waals surface area contributed by atoms with E-state index in [4.69, 9.17) is 34.8 Å². The van der Waals surface area contributed by atoms with Crippen LogP contribution in [0.5, 0.6) is 5.75 Å². The number of allylic oxidation sites excluding steroid dienone is 2. The van der Waals surface area contributed by atoms with E-state index in [1.165, 1.54) is 19.2 Å². The van der Waals surface area contributed by atoms with Gasteiger partial charge >= 0.3 is 6.18 Å². The number of rotatable bonds is 4. The molecule has 53 heavy (non-hydrogen) atoms. The SMILES string of the molecule is CN(c1nc(C(F)(F)F)ccc1Cl)N1C(=O)[C@H]2[C@H](CC=C3[C@H]2C[C@@]2(Cl)C(=O)N(c4ccc(F)cc4)C(=O)[C@@]2(Cl)[C@H]3c2ccc3ccccc3c2O)C1=O. The summed E-state index contributed by atoms with van der Waals surface area (Å²) in [7, 11) is 1.18. The lowest BCUT2D eigenvalue weighted by molar-refractivity contribution is -0.141. The van der Waals surface area contributed by atoms with Crippen LogP contribution >= 0.6 is 34.8 Å². The molecule has 0 unspecified atom stereocenters. The van der Waals surface area contributed by atoms with Gasteiger partial charge in [0.15, 0.2) is 15.6 Å². The van der Waals surface area contributed by atoms with E-state index in [1.807, 2.05) is 0 Å². The van der Waals surface area contributed by atoms with E-state index < -0.39 is 87.0 Å². The number of aromatic nitrogens is 1. The summed E-state index contributed by atoms with van der Waals surface area (Å²) in [6, 6.07) is 16.3. The van der Waals surface area contributed by atoms with Gasteiger partial charge in [-0.3, -0.25) is 24.2 Å². The fraction of sp³-hybridized carbons (Fsp3) is 0.270. The number of carbonyl (C=O) groups is 4. The van der Waals surface area contributed by atoms with Crippen LogP contribution in [0.2, 0.25) is 5.02 Å². The largest absolute Gasteiger partial charge is 0.507 e. The highest BCUT2D eigenvalue weighted by atomic mass is 35.5. The average Bonchev–Trinajstić information content (AvgIpc) is 3.46. The summed E-state index contributed by atoms with van der Waals surface area (Å²) in [6.45, 7) is 0. The second-order valence-electron chi connectivity index (χ2n) is 13.5. The van der Waals surface area contributed by atoms with Gasteiger partial charge in [0.1, 0.15) is 17.3 Å². The van der Waals surface area contributed by atoms with Crippen molar-refractivity contribution < 1.29 is 41.8 Å². The molecule has 4 aliphatic rings. The monoisotopic (exact) mass is 786 g/mol. The Morgan fingerprint density at radius 2 is 1.60 bits per heavy atom. The maximum Gasteiger partial charge on any atom is 0.433 e. The Morgan fingerprint density at radius 3 is 2.30 bits per heavy atom. The fourth-order valence-electron chi connectivity index (χ4n) is 8.44. The van der Waals surface area contributed by atoms with E-state index in [9.17, 15) is 41.8 Å². The molecule has 1 aromatic heterocycles. The molecule has 2 aliphatic heterocycles. The zero-order chi connectivity index (χ0) is 37.9. The predicted octanol–water partition coefficient (Wildman–Crippen LogP) is 7.37. The van der Waals surface area contributed by atoms with Gasteiger partial charge in [-0.15, -0.1) is 23.2 Å². The number of aromatic hydroxyl groups is 1. The summed E-state index contributed by atoms with van der Waals surface area (Å²) in [5.74, 6) is -9.51. The molecule has 3 fully saturated rings. The smallest absolute Gasteiger partial charge is 0.433 e. The second-order valence-corrected chi connectivity index (χ2v) is 15.1. The first-order valence-electron chi connectivity index (χ1n) is 16.3. The minimum Gasteiger partial charge on any atom is -0.507 e. The molecule has 3 aromatic carbocycles. The van der Waals surface area contributed by atoms with E-state index in [0.717, 1.165) is 28.1 Å². The van der Waals surface area contributed by atoms with Crippen LogP contribution in [0.15, 0.2) is 84.4 Å². The Kier molecular flexibility index (Phi) is 7.92. The maximum absolute atomic E-state index is 14.6. The summed E-state index contributed by atoms with van der Waals surface area (Å²) in [4.78, 5) is 57.4. The highest BCUT2D eigenvalue weighted by Crippen LogP contribution is 2.66. The van der Waals surface area contributed by atoms with Crippen molar-refractivity contribution in [1.29, 1.82) is 0 Å². The van der Waals surface area contributed by atoms with Gasteiger partial charge in [0.25, 0.3) is 23.6 Å². The van der Waals surface area contributed by atoms with Crippen molar-refractivity contribution in [3.05, 3.63) is 107 Å². The van der Waals surface area contributed by atoms with Gasteiger partial charge in [-0.2, -0.15) is 18.2 Å². The molecule has 2 aliphatic carbocycles. The quantitative estimate of drug-likeness (QED) is 0.0996. The van der Waals surface area contributed by atoms with Gasteiger partial charge in [0.2, 0.25) is 0 Å². The van der Waals surface area contributed by atoms with Gasteiger partial charge in [-0.05, 0) is 60.5 Å². The molecule has 8 rings (SSSR count). The lowest BCUT2D eigenvalue weighted by atomic mass is 9.56. The first kappa shape index (κ1) is 35.3. The number of nitrogens with zero attached hydrogens (tertiary/aromatic N) is 4. The molecule has 1 N–H and O–H groups in total. The zero-order valence-corrected chi connectivity index (χ0v) is 29.5. The van der Waals surface area contributed by atoms with Crippen molar-refractivity contribution in [3.63, 3.8) is 0 Å². The van der Waals surface area contributed by atoms with Crippen molar-refractivity contribution in [2.45, 2.75) is 34.7 Å². The van der Waals surface area contributed by atoms with Crippen molar-refractivity contribution in [2.24, 2.45) is 17.8 Å². The van der Waals surface area contributed by atoms with E-state index in [2.05, 4.69) is 4.98 Å². The number of pyridine rings is 1. The lowest BCUT2D eigenvalue weighted by Crippen LogP contribution is -2.60. The van der Waals surface area contributed by atoms with Crippen molar-refractivity contribution in [3.8, 4) is 5.75 Å². The molecule has 1 saturated carbocycles. The van der Waals surface area contributed by atoms with Gasteiger partial charge in [0.05, 0.1) is 22.5 Å². The Balaban J connectivity index is 1.28. The normalized spacial score (nSPS) is 28.3. The Hall–Kier alpha value is -4.72. The van der Waals surface area contributed by atoms with Crippen molar-refractivity contribution in [1.82, 2.24) is 9.99 Å². The summed E-state index contributed by atoms with van der Waals surface area (Å²) >= 11 is 21.0. The minimum atomic E-state index is -4.85. The Labute approximate surface area is 313 Å². The fourth-order valence-corrected chi connectivity index (χ4v) is 9.59. The van der Waals surface area contributed by atoms with Gasteiger partial charge < -0.3 is 5.11 Å². The molecule has 0 radical (unpaired) electrons. The average molecular weight is 788 g/mol. The third-order valence-electron chi connectivity index (χ3n) is 10.8.